The maximum atomic E-state index is 13.1. The fourth-order valence-corrected chi connectivity index (χ4v) is 3.14. The monoisotopic (exact) mass is 376 g/mol. The molecule has 2 aromatic rings. The van der Waals surface area contributed by atoms with E-state index in [1.54, 1.807) is 24.3 Å². The summed E-state index contributed by atoms with van der Waals surface area (Å²) in [5.41, 5.74) is 9.32. The molecule has 9 heteroatoms. The third kappa shape index (κ3) is 3.83. The number of benzene rings is 2. The molecule has 0 saturated heterocycles. The Kier molecular flexibility index (Phi) is 4.96. The number of anilines is 1. The van der Waals surface area contributed by atoms with E-state index in [-0.39, 0.29) is 12.1 Å². The van der Waals surface area contributed by atoms with Gasteiger partial charge >= 0.3 is 6.18 Å². The molecule has 0 aliphatic carbocycles. The molecule has 0 aromatic heterocycles. The summed E-state index contributed by atoms with van der Waals surface area (Å²) in [5.74, 6) is -0.583. The van der Waals surface area contributed by atoms with Crippen LogP contribution in [0.25, 0.3) is 10.4 Å². The zero-order valence-corrected chi connectivity index (χ0v) is 14.2. The number of hydrogen-bond donors (Lipinski definition) is 1. The molecule has 0 fully saturated rings. The number of carbonyl (C=O) groups excluding carboxylic acids is 1. The van der Waals surface area contributed by atoms with Crippen molar-refractivity contribution >= 4 is 11.6 Å². The number of azide groups is 1. The van der Waals surface area contributed by atoms with Crippen molar-refractivity contribution in [3.63, 3.8) is 0 Å². The summed E-state index contributed by atoms with van der Waals surface area (Å²) >= 11 is 0. The van der Waals surface area contributed by atoms with Gasteiger partial charge in [-0.25, -0.2) is 0 Å². The molecular weight excluding hydrogens is 361 g/mol. The molecule has 0 bridgehead atoms. The van der Waals surface area contributed by atoms with Crippen molar-refractivity contribution in [1.29, 1.82) is 0 Å². The third-order valence-electron chi connectivity index (χ3n) is 4.50. The van der Waals surface area contributed by atoms with E-state index in [2.05, 4.69) is 15.3 Å². The molecule has 1 amide bonds. The van der Waals surface area contributed by atoms with Crippen LogP contribution in [0.4, 0.5) is 18.9 Å². The molecule has 2 aromatic carbocycles. The summed E-state index contributed by atoms with van der Waals surface area (Å²) in [6, 6.07) is 8.82. The molecule has 1 N–H and O–H groups in total. The Morgan fingerprint density at radius 3 is 2.52 bits per heavy atom. The summed E-state index contributed by atoms with van der Waals surface area (Å²) in [7, 11) is 1.51. The molecule has 2 unspecified atom stereocenters. The minimum absolute atomic E-state index is 0.105. The van der Waals surface area contributed by atoms with Gasteiger partial charge in [0.2, 0.25) is 5.91 Å². The summed E-state index contributed by atoms with van der Waals surface area (Å²) in [4.78, 5) is 15.3. The first-order valence-electron chi connectivity index (χ1n) is 8.02. The summed E-state index contributed by atoms with van der Waals surface area (Å²) < 4.78 is 44.3. The zero-order valence-electron chi connectivity index (χ0n) is 14.2. The van der Waals surface area contributed by atoms with Gasteiger partial charge in [0.15, 0.2) is 0 Å². The Bertz CT molecular complexity index is 906. The number of fused-ring (bicyclic) bond motifs is 1. The van der Waals surface area contributed by atoms with Crippen LogP contribution in [0.2, 0.25) is 0 Å². The highest BCUT2D eigenvalue weighted by atomic mass is 19.4. The summed E-state index contributed by atoms with van der Waals surface area (Å²) in [6.45, 7) is 0. The number of ether oxygens (including phenoxy) is 1. The zero-order chi connectivity index (χ0) is 19.6. The number of hydrogen-bond acceptors (Lipinski definition) is 3. The highest BCUT2D eigenvalue weighted by molar-refractivity contribution is 5.97. The van der Waals surface area contributed by atoms with Crippen molar-refractivity contribution < 1.29 is 22.7 Å². The fraction of sp³-hybridized carbons (Fsp3) is 0.278. The van der Waals surface area contributed by atoms with Gasteiger partial charge in [-0.15, -0.1) is 0 Å². The molecule has 1 aliphatic rings. The number of amides is 1. The number of methoxy groups -OCH3 is 1. The van der Waals surface area contributed by atoms with Crippen LogP contribution in [0.1, 0.15) is 22.6 Å². The van der Waals surface area contributed by atoms with E-state index in [0.717, 1.165) is 12.1 Å². The fourth-order valence-electron chi connectivity index (χ4n) is 3.14. The molecule has 6 nitrogen and oxygen atoms in total. The smallest absolute Gasteiger partial charge is 0.416 e. The van der Waals surface area contributed by atoms with Crippen molar-refractivity contribution in [1.82, 2.24) is 0 Å². The Labute approximate surface area is 152 Å². The number of nitrogens with one attached hydrogen (secondary N) is 1. The average Bonchev–Trinajstić information content (AvgIpc) is 2.77. The van der Waals surface area contributed by atoms with Crippen LogP contribution in [0.5, 0.6) is 5.75 Å². The minimum atomic E-state index is -4.49. The van der Waals surface area contributed by atoms with Gasteiger partial charge in [0.1, 0.15) is 11.8 Å². The lowest BCUT2D eigenvalue weighted by Crippen LogP contribution is -2.30. The Hall–Kier alpha value is -3.19. The van der Waals surface area contributed by atoms with E-state index in [0.29, 0.717) is 16.9 Å². The van der Waals surface area contributed by atoms with Gasteiger partial charge in [0.05, 0.1) is 12.7 Å². The predicted octanol–water partition coefficient (Wildman–Crippen LogP) is 4.67. The Balaban J connectivity index is 2.08. The van der Waals surface area contributed by atoms with E-state index in [1.807, 2.05) is 0 Å². The number of rotatable bonds is 3. The molecular formula is C18H15F3N4O2. The SMILES string of the molecule is COc1ccc(C2Cc3cc(C(F)(F)F)ccc3NC(=O)C2N=[N+]=[N-])cc1. The predicted molar refractivity (Wildman–Crippen MR) is 92.4 cm³/mol. The number of halogens is 3. The second-order valence-corrected chi connectivity index (χ2v) is 6.09. The molecule has 3 rings (SSSR count). The lowest BCUT2D eigenvalue weighted by atomic mass is 9.86. The van der Waals surface area contributed by atoms with Gasteiger partial charge in [0.25, 0.3) is 0 Å². The highest BCUT2D eigenvalue weighted by Crippen LogP contribution is 2.37. The van der Waals surface area contributed by atoms with Crippen molar-refractivity contribution in [3.8, 4) is 5.75 Å². The molecule has 2 atom stereocenters. The standard InChI is InChI=1S/C18H15F3N4O2/c1-27-13-5-2-10(3-6-13)14-9-11-8-12(18(19,20)21)4-7-15(11)23-17(26)16(14)24-25-22/h2-8,14,16H,9H2,1H3,(H,23,26). The van der Waals surface area contributed by atoms with E-state index in [9.17, 15) is 18.0 Å². The van der Waals surface area contributed by atoms with E-state index in [1.165, 1.54) is 13.2 Å². The molecule has 140 valence electrons. The average molecular weight is 376 g/mol. The lowest BCUT2D eigenvalue weighted by Gasteiger charge is -2.20. The maximum absolute atomic E-state index is 13.1. The normalized spacial score (nSPS) is 19.3. The van der Waals surface area contributed by atoms with Crippen LogP contribution < -0.4 is 10.1 Å². The summed E-state index contributed by atoms with van der Waals surface area (Å²) in [6.07, 6.45) is -4.39. The van der Waals surface area contributed by atoms with Gasteiger partial charge in [-0.2, -0.15) is 13.2 Å². The van der Waals surface area contributed by atoms with Gasteiger partial charge in [-0.1, -0.05) is 17.2 Å². The van der Waals surface area contributed by atoms with Crippen LogP contribution >= 0.6 is 0 Å². The first-order chi connectivity index (χ1) is 12.8. The lowest BCUT2D eigenvalue weighted by molar-refractivity contribution is -0.137. The molecule has 27 heavy (non-hydrogen) atoms. The van der Waals surface area contributed by atoms with Gasteiger partial charge in [-0.3, -0.25) is 4.79 Å². The van der Waals surface area contributed by atoms with Crippen LogP contribution in [-0.2, 0) is 17.4 Å². The van der Waals surface area contributed by atoms with Crippen molar-refractivity contribution in [2.75, 3.05) is 12.4 Å². The Morgan fingerprint density at radius 1 is 1.22 bits per heavy atom. The van der Waals surface area contributed by atoms with Gasteiger partial charge in [-0.05, 0) is 53.4 Å². The first-order valence-corrected chi connectivity index (χ1v) is 8.02. The highest BCUT2D eigenvalue weighted by Gasteiger charge is 2.35. The largest absolute Gasteiger partial charge is 0.497 e. The van der Waals surface area contributed by atoms with Gasteiger partial charge in [0, 0.05) is 16.5 Å². The molecule has 0 radical (unpaired) electrons. The van der Waals surface area contributed by atoms with Gasteiger partial charge < -0.3 is 10.1 Å². The van der Waals surface area contributed by atoms with E-state index in [4.69, 9.17) is 10.3 Å². The molecule has 1 aliphatic heterocycles. The van der Waals surface area contributed by atoms with Crippen LogP contribution in [0.3, 0.4) is 0 Å². The number of carbonyl (C=O) groups is 1. The maximum Gasteiger partial charge on any atom is 0.416 e. The van der Waals surface area contributed by atoms with E-state index >= 15 is 0 Å². The quantitative estimate of drug-likeness (QED) is 0.479. The molecule has 0 spiro atoms. The first kappa shape index (κ1) is 18.6. The Morgan fingerprint density at radius 2 is 1.93 bits per heavy atom. The molecule has 1 heterocycles. The van der Waals surface area contributed by atoms with Crippen LogP contribution in [0, 0.1) is 0 Å². The van der Waals surface area contributed by atoms with Crippen molar-refractivity contribution in [3.05, 3.63) is 69.6 Å². The number of nitrogens with zero attached hydrogens (tertiary/aromatic N) is 3. The van der Waals surface area contributed by atoms with Crippen molar-refractivity contribution in [2.24, 2.45) is 5.11 Å². The van der Waals surface area contributed by atoms with E-state index < -0.39 is 29.6 Å². The van der Waals surface area contributed by atoms with Crippen LogP contribution in [-0.4, -0.2) is 19.1 Å². The second kappa shape index (κ2) is 7.20. The summed E-state index contributed by atoms with van der Waals surface area (Å²) in [5, 5.41) is 6.16. The van der Waals surface area contributed by atoms with Crippen LogP contribution in [0.15, 0.2) is 47.6 Å². The number of alkyl halides is 3. The molecule has 0 saturated carbocycles. The minimum Gasteiger partial charge on any atom is -0.497 e. The topological polar surface area (TPSA) is 87.1 Å². The third-order valence-corrected chi connectivity index (χ3v) is 4.50. The van der Waals surface area contributed by atoms with Crippen molar-refractivity contribution in [2.45, 2.75) is 24.6 Å². The second-order valence-electron chi connectivity index (χ2n) is 6.09.